The first-order valence-corrected chi connectivity index (χ1v) is 6.42. The lowest BCUT2D eigenvalue weighted by atomic mass is 9.96. The number of hydrogen-bond donors (Lipinski definition) is 2. The van der Waals surface area contributed by atoms with Crippen LogP contribution in [-0.4, -0.2) is 31.2 Å². The Morgan fingerprint density at radius 2 is 2.17 bits per heavy atom. The lowest BCUT2D eigenvalue weighted by molar-refractivity contribution is -0.142. The number of anilines is 1. The summed E-state index contributed by atoms with van der Waals surface area (Å²) in [5.74, 6) is -0.819. The molecule has 1 fully saturated rings. The van der Waals surface area contributed by atoms with Crippen LogP contribution in [0.3, 0.4) is 0 Å². The van der Waals surface area contributed by atoms with Crippen molar-refractivity contribution in [1.29, 1.82) is 0 Å². The van der Waals surface area contributed by atoms with E-state index in [1.54, 1.807) is 0 Å². The second-order valence-electron chi connectivity index (χ2n) is 4.80. The Morgan fingerprint density at radius 1 is 1.44 bits per heavy atom. The molecule has 98 valence electrons. The van der Waals surface area contributed by atoms with Gasteiger partial charge in [0.05, 0.1) is 5.92 Å². The molecule has 0 atom stereocenters. The normalized spacial score (nSPS) is 16.8. The molecule has 0 amide bonds. The predicted octanol–water partition coefficient (Wildman–Crippen LogP) is 1.71. The van der Waals surface area contributed by atoms with Crippen molar-refractivity contribution in [3.63, 3.8) is 0 Å². The summed E-state index contributed by atoms with van der Waals surface area (Å²) >= 11 is 0. The number of carboxylic acids is 1. The molecule has 0 bridgehead atoms. The van der Waals surface area contributed by atoms with Gasteiger partial charge in [-0.05, 0) is 37.6 Å². The number of hydrogen-bond acceptors (Lipinski definition) is 3. The van der Waals surface area contributed by atoms with Gasteiger partial charge in [0, 0.05) is 25.3 Å². The summed E-state index contributed by atoms with van der Waals surface area (Å²) in [6.45, 7) is 2.53. The Balaban J connectivity index is 2.00. The van der Waals surface area contributed by atoms with Crippen LogP contribution in [-0.2, 0) is 11.3 Å². The first-order valence-electron chi connectivity index (χ1n) is 6.42. The SMILES string of the molecule is CNCc1cccc(N2CCC(C(=O)O)CC2)c1. The number of benzene rings is 1. The van der Waals surface area contributed by atoms with E-state index in [9.17, 15) is 4.79 Å². The molecule has 2 N–H and O–H groups in total. The fourth-order valence-electron chi connectivity index (χ4n) is 2.45. The molecule has 0 aliphatic carbocycles. The van der Waals surface area contributed by atoms with Gasteiger partial charge in [0.15, 0.2) is 0 Å². The maximum absolute atomic E-state index is 10.9. The average Bonchev–Trinajstić information content (AvgIpc) is 2.39. The highest BCUT2D eigenvalue weighted by atomic mass is 16.4. The van der Waals surface area contributed by atoms with Crippen LogP contribution in [0.15, 0.2) is 24.3 Å². The third kappa shape index (κ3) is 3.01. The molecule has 1 aliphatic rings. The molecule has 0 spiro atoms. The standard InChI is InChI=1S/C14H20N2O2/c1-15-10-11-3-2-4-13(9-11)16-7-5-12(6-8-16)14(17)18/h2-4,9,12,15H,5-8,10H2,1H3,(H,17,18). The second kappa shape index (κ2) is 5.87. The summed E-state index contributed by atoms with van der Waals surface area (Å²) in [6, 6.07) is 8.44. The van der Waals surface area contributed by atoms with E-state index in [4.69, 9.17) is 5.11 Å². The van der Waals surface area contributed by atoms with E-state index in [1.165, 1.54) is 11.3 Å². The van der Waals surface area contributed by atoms with Crippen LogP contribution < -0.4 is 10.2 Å². The van der Waals surface area contributed by atoms with Crippen molar-refractivity contribution in [2.45, 2.75) is 19.4 Å². The molecule has 1 aromatic carbocycles. The first kappa shape index (κ1) is 12.9. The lowest BCUT2D eigenvalue weighted by Crippen LogP contribution is -2.36. The summed E-state index contributed by atoms with van der Waals surface area (Å²) in [5.41, 5.74) is 2.46. The zero-order valence-electron chi connectivity index (χ0n) is 10.7. The van der Waals surface area contributed by atoms with Crippen molar-refractivity contribution in [1.82, 2.24) is 5.32 Å². The van der Waals surface area contributed by atoms with E-state index in [0.717, 1.165) is 32.5 Å². The summed E-state index contributed by atoms with van der Waals surface area (Å²) in [4.78, 5) is 13.2. The summed E-state index contributed by atoms with van der Waals surface area (Å²) in [6.07, 6.45) is 1.48. The number of carboxylic acid groups (broad SMARTS) is 1. The number of carbonyl (C=O) groups is 1. The van der Waals surface area contributed by atoms with Gasteiger partial charge in [-0.3, -0.25) is 4.79 Å². The van der Waals surface area contributed by atoms with Crippen LogP contribution in [0.4, 0.5) is 5.69 Å². The Hall–Kier alpha value is -1.55. The van der Waals surface area contributed by atoms with Crippen molar-refractivity contribution in [3.8, 4) is 0 Å². The molecule has 1 aromatic rings. The molecular weight excluding hydrogens is 228 g/mol. The Bertz CT molecular complexity index is 412. The van der Waals surface area contributed by atoms with Gasteiger partial charge in [-0.1, -0.05) is 12.1 Å². The Labute approximate surface area is 108 Å². The van der Waals surface area contributed by atoms with Crippen LogP contribution >= 0.6 is 0 Å². The number of nitrogens with one attached hydrogen (secondary N) is 1. The van der Waals surface area contributed by atoms with E-state index in [0.29, 0.717) is 0 Å². The van der Waals surface area contributed by atoms with E-state index in [2.05, 4.69) is 34.5 Å². The third-order valence-electron chi connectivity index (χ3n) is 3.50. The molecule has 1 aliphatic heterocycles. The minimum absolute atomic E-state index is 0.165. The van der Waals surface area contributed by atoms with Gasteiger partial charge in [0.1, 0.15) is 0 Å². The van der Waals surface area contributed by atoms with Gasteiger partial charge in [0.2, 0.25) is 0 Å². The van der Waals surface area contributed by atoms with Crippen molar-refractivity contribution in [3.05, 3.63) is 29.8 Å². The van der Waals surface area contributed by atoms with Crippen molar-refractivity contribution in [2.24, 2.45) is 5.92 Å². The van der Waals surface area contributed by atoms with Crippen molar-refractivity contribution < 1.29 is 9.90 Å². The molecule has 2 rings (SSSR count). The van der Waals surface area contributed by atoms with Gasteiger partial charge in [-0.25, -0.2) is 0 Å². The Morgan fingerprint density at radius 3 is 2.78 bits per heavy atom. The number of nitrogens with zero attached hydrogens (tertiary/aromatic N) is 1. The van der Waals surface area contributed by atoms with E-state index in [-0.39, 0.29) is 5.92 Å². The Kier molecular flexibility index (Phi) is 4.20. The molecule has 0 aromatic heterocycles. The predicted molar refractivity (Wildman–Crippen MR) is 71.8 cm³/mol. The zero-order chi connectivity index (χ0) is 13.0. The maximum atomic E-state index is 10.9. The van der Waals surface area contributed by atoms with Crippen LogP contribution in [0, 0.1) is 5.92 Å². The minimum Gasteiger partial charge on any atom is -0.481 e. The monoisotopic (exact) mass is 248 g/mol. The van der Waals surface area contributed by atoms with Gasteiger partial charge < -0.3 is 15.3 Å². The van der Waals surface area contributed by atoms with Crippen LogP contribution in [0.2, 0.25) is 0 Å². The van der Waals surface area contributed by atoms with Gasteiger partial charge >= 0.3 is 5.97 Å². The van der Waals surface area contributed by atoms with E-state index in [1.807, 2.05) is 7.05 Å². The number of rotatable bonds is 4. The molecule has 4 heteroatoms. The molecule has 0 unspecified atom stereocenters. The fourth-order valence-corrected chi connectivity index (χ4v) is 2.45. The van der Waals surface area contributed by atoms with Crippen LogP contribution in [0.25, 0.3) is 0 Å². The van der Waals surface area contributed by atoms with E-state index >= 15 is 0 Å². The first-order chi connectivity index (χ1) is 8.70. The lowest BCUT2D eigenvalue weighted by Gasteiger charge is -2.32. The third-order valence-corrected chi connectivity index (χ3v) is 3.50. The summed E-state index contributed by atoms with van der Waals surface area (Å²) < 4.78 is 0. The van der Waals surface area contributed by atoms with Crippen LogP contribution in [0.1, 0.15) is 18.4 Å². The summed E-state index contributed by atoms with van der Waals surface area (Å²) in [5, 5.41) is 12.1. The molecule has 0 saturated carbocycles. The molecule has 1 heterocycles. The van der Waals surface area contributed by atoms with Crippen molar-refractivity contribution in [2.75, 3.05) is 25.0 Å². The second-order valence-corrected chi connectivity index (χ2v) is 4.80. The molecule has 0 radical (unpaired) electrons. The topological polar surface area (TPSA) is 52.6 Å². The highest BCUT2D eigenvalue weighted by Gasteiger charge is 2.24. The molecule has 18 heavy (non-hydrogen) atoms. The summed E-state index contributed by atoms with van der Waals surface area (Å²) in [7, 11) is 1.94. The van der Waals surface area contributed by atoms with Gasteiger partial charge in [0.25, 0.3) is 0 Å². The highest BCUT2D eigenvalue weighted by molar-refractivity contribution is 5.70. The minimum atomic E-state index is -0.654. The molecular formula is C14H20N2O2. The maximum Gasteiger partial charge on any atom is 0.306 e. The quantitative estimate of drug-likeness (QED) is 0.851. The van der Waals surface area contributed by atoms with Crippen molar-refractivity contribution >= 4 is 11.7 Å². The largest absolute Gasteiger partial charge is 0.481 e. The number of aliphatic carboxylic acids is 1. The number of piperidine rings is 1. The van der Waals surface area contributed by atoms with E-state index < -0.39 is 5.97 Å². The average molecular weight is 248 g/mol. The van der Waals surface area contributed by atoms with Gasteiger partial charge in [-0.15, -0.1) is 0 Å². The smallest absolute Gasteiger partial charge is 0.306 e. The van der Waals surface area contributed by atoms with Crippen LogP contribution in [0.5, 0.6) is 0 Å². The zero-order valence-corrected chi connectivity index (χ0v) is 10.7. The molecule has 4 nitrogen and oxygen atoms in total. The fraction of sp³-hybridized carbons (Fsp3) is 0.500. The molecule has 1 saturated heterocycles. The highest BCUT2D eigenvalue weighted by Crippen LogP contribution is 2.24. The van der Waals surface area contributed by atoms with Gasteiger partial charge in [-0.2, -0.15) is 0 Å².